The summed E-state index contributed by atoms with van der Waals surface area (Å²) in [5.74, 6) is 0.662. The molecule has 1 unspecified atom stereocenters. The average Bonchev–Trinajstić information content (AvgIpc) is 2.58. The molecule has 0 aliphatic carbocycles. The lowest BCUT2D eigenvalue weighted by Crippen LogP contribution is -2.47. The zero-order valence-corrected chi connectivity index (χ0v) is 16.4. The van der Waals surface area contributed by atoms with E-state index in [-0.39, 0.29) is 29.3 Å². The third-order valence-electron chi connectivity index (χ3n) is 4.12. The number of nitrogens with zero attached hydrogens (tertiary/aromatic N) is 1. The predicted molar refractivity (Wildman–Crippen MR) is 100 cm³/mol. The summed E-state index contributed by atoms with van der Waals surface area (Å²) in [4.78, 5) is 14.3. The van der Waals surface area contributed by atoms with Crippen molar-refractivity contribution in [3.05, 3.63) is 24.3 Å². The zero-order chi connectivity index (χ0) is 17.6. The number of rotatable bonds is 7. The monoisotopic (exact) mass is 390 g/mol. The van der Waals surface area contributed by atoms with Crippen LogP contribution >= 0.6 is 12.4 Å². The number of sulfone groups is 1. The van der Waals surface area contributed by atoms with Crippen molar-refractivity contribution in [2.24, 2.45) is 0 Å². The number of amides is 1. The van der Waals surface area contributed by atoms with Crippen molar-refractivity contribution >= 4 is 28.2 Å². The van der Waals surface area contributed by atoms with Crippen LogP contribution in [-0.2, 0) is 14.6 Å². The lowest BCUT2D eigenvalue weighted by Gasteiger charge is -2.27. The van der Waals surface area contributed by atoms with Crippen LogP contribution in [0.3, 0.4) is 0 Å². The molecule has 0 aromatic heterocycles. The van der Waals surface area contributed by atoms with Crippen LogP contribution in [0.2, 0.25) is 0 Å². The molecule has 1 saturated heterocycles. The van der Waals surface area contributed by atoms with Crippen LogP contribution in [-0.4, -0.2) is 58.3 Å². The Hall–Kier alpha value is -1.31. The van der Waals surface area contributed by atoms with E-state index < -0.39 is 9.84 Å². The van der Waals surface area contributed by atoms with Gasteiger partial charge in [0.2, 0.25) is 5.91 Å². The molecule has 8 heteroatoms. The molecule has 1 aliphatic heterocycles. The Kier molecular flexibility index (Phi) is 8.68. The van der Waals surface area contributed by atoms with Crippen molar-refractivity contribution in [3.8, 4) is 5.75 Å². The van der Waals surface area contributed by atoms with Gasteiger partial charge in [0.25, 0.3) is 0 Å². The first-order valence-electron chi connectivity index (χ1n) is 8.29. The first-order chi connectivity index (χ1) is 11.4. The van der Waals surface area contributed by atoms with Crippen LogP contribution in [0.5, 0.6) is 5.75 Å². The Morgan fingerprint density at radius 3 is 2.76 bits per heavy atom. The van der Waals surface area contributed by atoms with Crippen LogP contribution < -0.4 is 10.1 Å². The Morgan fingerprint density at radius 1 is 1.36 bits per heavy atom. The molecule has 6 nitrogen and oxygen atoms in total. The third kappa shape index (κ3) is 6.84. The van der Waals surface area contributed by atoms with Gasteiger partial charge in [-0.25, -0.2) is 8.42 Å². The summed E-state index contributed by atoms with van der Waals surface area (Å²) >= 11 is 0. The number of benzene rings is 1. The smallest absolute Gasteiger partial charge is 0.239 e. The van der Waals surface area contributed by atoms with E-state index in [0.717, 1.165) is 25.8 Å². The van der Waals surface area contributed by atoms with E-state index >= 15 is 0 Å². The van der Waals surface area contributed by atoms with Crippen molar-refractivity contribution < 1.29 is 17.9 Å². The van der Waals surface area contributed by atoms with E-state index in [2.05, 4.69) is 5.32 Å². The maximum atomic E-state index is 12.3. The summed E-state index contributed by atoms with van der Waals surface area (Å²) in [7, 11) is -1.42. The Balaban J connectivity index is 0.00000312. The summed E-state index contributed by atoms with van der Waals surface area (Å²) in [6.45, 7) is 1.95. The highest BCUT2D eigenvalue weighted by Gasteiger charge is 2.23. The maximum absolute atomic E-state index is 12.3. The maximum Gasteiger partial charge on any atom is 0.239 e. The van der Waals surface area contributed by atoms with Gasteiger partial charge in [-0.15, -0.1) is 12.4 Å². The van der Waals surface area contributed by atoms with Gasteiger partial charge in [-0.2, -0.15) is 0 Å². The molecule has 1 N–H and O–H groups in total. The van der Waals surface area contributed by atoms with Gasteiger partial charge < -0.3 is 15.0 Å². The molecule has 1 heterocycles. The zero-order valence-electron chi connectivity index (χ0n) is 14.7. The lowest BCUT2D eigenvalue weighted by molar-refractivity contribution is -0.132. The molecule has 1 aliphatic rings. The van der Waals surface area contributed by atoms with Gasteiger partial charge in [-0.05, 0) is 44.0 Å². The number of halogens is 1. The number of nitrogens with one attached hydrogen (secondary N) is 1. The molecule has 0 saturated carbocycles. The first kappa shape index (κ1) is 21.7. The quantitative estimate of drug-likeness (QED) is 0.719. The van der Waals surface area contributed by atoms with Crippen molar-refractivity contribution in [2.75, 3.05) is 33.0 Å². The minimum absolute atomic E-state index is 0. The van der Waals surface area contributed by atoms with Gasteiger partial charge in [0, 0.05) is 19.8 Å². The SMILES string of the molecule is CN(CCCOc1cccc(S(C)(=O)=O)c1)C(=O)C1CCCCN1.Cl. The summed E-state index contributed by atoms with van der Waals surface area (Å²) in [6, 6.07) is 6.41. The van der Waals surface area contributed by atoms with Crippen LogP contribution in [0.4, 0.5) is 0 Å². The molecule has 1 fully saturated rings. The fourth-order valence-electron chi connectivity index (χ4n) is 2.73. The Bertz CT molecular complexity index is 660. The molecule has 0 spiro atoms. The summed E-state index contributed by atoms with van der Waals surface area (Å²) in [5, 5.41) is 3.26. The number of likely N-dealkylation sites (N-methyl/N-ethyl adjacent to an activating group) is 1. The second kappa shape index (κ2) is 9.99. The largest absolute Gasteiger partial charge is 0.493 e. The normalized spacial score (nSPS) is 17.4. The summed E-state index contributed by atoms with van der Waals surface area (Å²) < 4.78 is 28.6. The summed E-state index contributed by atoms with van der Waals surface area (Å²) in [6.07, 6.45) is 4.99. The van der Waals surface area contributed by atoms with Crippen molar-refractivity contribution in [2.45, 2.75) is 36.6 Å². The van der Waals surface area contributed by atoms with Gasteiger partial charge in [0.15, 0.2) is 9.84 Å². The number of piperidine rings is 1. The molecule has 0 bridgehead atoms. The second-order valence-corrected chi connectivity index (χ2v) is 8.23. The molecule has 2 rings (SSSR count). The topological polar surface area (TPSA) is 75.7 Å². The molecule has 1 aromatic rings. The lowest BCUT2D eigenvalue weighted by atomic mass is 10.0. The van der Waals surface area contributed by atoms with E-state index in [4.69, 9.17) is 4.74 Å². The van der Waals surface area contributed by atoms with E-state index in [0.29, 0.717) is 25.3 Å². The van der Waals surface area contributed by atoms with E-state index in [1.165, 1.54) is 12.3 Å². The third-order valence-corrected chi connectivity index (χ3v) is 5.24. The predicted octanol–water partition coefficient (Wildman–Crippen LogP) is 1.88. The molecular formula is C17H27ClN2O4S. The number of ether oxygens (including phenoxy) is 1. The van der Waals surface area contributed by atoms with Crippen LogP contribution in [0, 0.1) is 0 Å². The van der Waals surface area contributed by atoms with Crippen LogP contribution in [0.1, 0.15) is 25.7 Å². The minimum Gasteiger partial charge on any atom is -0.493 e. The van der Waals surface area contributed by atoms with Crippen LogP contribution in [0.15, 0.2) is 29.2 Å². The van der Waals surface area contributed by atoms with Crippen molar-refractivity contribution in [1.29, 1.82) is 0 Å². The highest BCUT2D eigenvalue weighted by Crippen LogP contribution is 2.17. The Labute approximate surface area is 156 Å². The second-order valence-electron chi connectivity index (χ2n) is 6.21. The van der Waals surface area contributed by atoms with Gasteiger partial charge in [0.1, 0.15) is 5.75 Å². The number of carbonyl (C=O) groups excluding carboxylic acids is 1. The van der Waals surface area contributed by atoms with Gasteiger partial charge in [-0.1, -0.05) is 12.5 Å². The van der Waals surface area contributed by atoms with Crippen molar-refractivity contribution in [3.63, 3.8) is 0 Å². The molecule has 25 heavy (non-hydrogen) atoms. The first-order valence-corrected chi connectivity index (χ1v) is 10.2. The van der Waals surface area contributed by atoms with Gasteiger partial charge >= 0.3 is 0 Å². The van der Waals surface area contributed by atoms with E-state index in [9.17, 15) is 13.2 Å². The average molecular weight is 391 g/mol. The molecule has 1 amide bonds. The highest BCUT2D eigenvalue weighted by molar-refractivity contribution is 7.90. The fraction of sp³-hybridized carbons (Fsp3) is 0.588. The van der Waals surface area contributed by atoms with Crippen molar-refractivity contribution in [1.82, 2.24) is 10.2 Å². The van der Waals surface area contributed by atoms with Crippen LogP contribution in [0.25, 0.3) is 0 Å². The molecule has 1 atom stereocenters. The molecule has 142 valence electrons. The number of hydrogen-bond acceptors (Lipinski definition) is 5. The Morgan fingerprint density at radius 2 is 2.12 bits per heavy atom. The number of hydrogen-bond donors (Lipinski definition) is 1. The highest BCUT2D eigenvalue weighted by atomic mass is 35.5. The van der Waals surface area contributed by atoms with E-state index in [1.807, 2.05) is 7.05 Å². The van der Waals surface area contributed by atoms with Gasteiger partial charge in [-0.3, -0.25) is 4.79 Å². The standard InChI is InChI=1S/C17H26N2O4S.ClH/c1-19(17(20)16-9-3-4-10-18-16)11-6-12-23-14-7-5-8-15(13-14)24(2,21)22;/h5,7-8,13,16,18H,3-4,6,9-12H2,1-2H3;1H. The van der Waals surface area contributed by atoms with Gasteiger partial charge in [0.05, 0.1) is 17.5 Å². The molecular weight excluding hydrogens is 364 g/mol. The minimum atomic E-state index is -3.23. The molecule has 0 radical (unpaired) electrons. The van der Waals surface area contributed by atoms with E-state index in [1.54, 1.807) is 23.1 Å². The fourth-order valence-corrected chi connectivity index (χ4v) is 3.38. The molecule has 1 aromatic carbocycles. The number of carbonyl (C=O) groups is 1. The summed E-state index contributed by atoms with van der Waals surface area (Å²) in [5.41, 5.74) is 0.